The molecule has 1 aromatic heterocycles. The molecule has 1 aliphatic rings. The second kappa shape index (κ2) is 6.27. The predicted octanol–water partition coefficient (Wildman–Crippen LogP) is 3.99. The van der Waals surface area contributed by atoms with Gasteiger partial charge in [0.15, 0.2) is 0 Å². The summed E-state index contributed by atoms with van der Waals surface area (Å²) in [5, 5.41) is 3.67. The molecular formula is C18H23NO. The summed E-state index contributed by atoms with van der Waals surface area (Å²) in [6, 6.07) is 15.6. The van der Waals surface area contributed by atoms with E-state index in [1.165, 1.54) is 12.0 Å². The first kappa shape index (κ1) is 13.4. The summed E-state index contributed by atoms with van der Waals surface area (Å²) in [5.74, 6) is 2.63. The molecule has 2 aromatic rings. The Kier molecular flexibility index (Phi) is 4.22. The van der Waals surface area contributed by atoms with Crippen molar-refractivity contribution in [3.8, 4) is 0 Å². The smallest absolute Gasteiger partial charge is 0.103 e. The maximum Gasteiger partial charge on any atom is 0.103 e. The molecule has 2 nitrogen and oxygen atoms in total. The second-order valence-electron chi connectivity index (χ2n) is 5.70. The Morgan fingerprint density at radius 1 is 1.20 bits per heavy atom. The van der Waals surface area contributed by atoms with Gasteiger partial charge >= 0.3 is 0 Å². The summed E-state index contributed by atoms with van der Waals surface area (Å²) < 4.78 is 5.45. The lowest BCUT2D eigenvalue weighted by Crippen LogP contribution is -2.31. The van der Waals surface area contributed by atoms with Crippen LogP contribution in [0.3, 0.4) is 0 Å². The van der Waals surface area contributed by atoms with E-state index in [1.807, 2.05) is 6.07 Å². The van der Waals surface area contributed by atoms with Crippen molar-refractivity contribution < 1.29 is 4.42 Å². The fourth-order valence-electron chi connectivity index (χ4n) is 3.23. The average molecular weight is 269 g/mol. The number of hydrogen-bond donors (Lipinski definition) is 1. The molecule has 3 unspecified atom stereocenters. The summed E-state index contributed by atoms with van der Waals surface area (Å²) in [4.78, 5) is 0. The van der Waals surface area contributed by atoms with Crippen LogP contribution >= 0.6 is 0 Å². The number of hydrogen-bond acceptors (Lipinski definition) is 2. The van der Waals surface area contributed by atoms with Crippen molar-refractivity contribution in [1.29, 1.82) is 0 Å². The average Bonchev–Trinajstić information content (AvgIpc) is 3.11. The van der Waals surface area contributed by atoms with E-state index in [-0.39, 0.29) is 0 Å². The third-order valence-corrected chi connectivity index (χ3v) is 4.33. The van der Waals surface area contributed by atoms with Gasteiger partial charge in [0.25, 0.3) is 0 Å². The van der Waals surface area contributed by atoms with Crippen molar-refractivity contribution in [2.24, 2.45) is 5.92 Å². The molecule has 3 atom stereocenters. The SMILES string of the molecule is CCNC(CCc1ccco1)C1CC1c1ccccc1. The van der Waals surface area contributed by atoms with E-state index in [2.05, 4.69) is 48.6 Å². The zero-order valence-electron chi connectivity index (χ0n) is 12.1. The highest BCUT2D eigenvalue weighted by Crippen LogP contribution is 2.50. The molecular weight excluding hydrogens is 246 g/mol. The van der Waals surface area contributed by atoms with Crippen LogP contribution in [0.1, 0.15) is 37.0 Å². The van der Waals surface area contributed by atoms with Crippen LogP contribution in [0.4, 0.5) is 0 Å². The largest absolute Gasteiger partial charge is 0.469 e. The van der Waals surface area contributed by atoms with Crippen LogP contribution in [0.25, 0.3) is 0 Å². The standard InChI is InChI=1S/C18H23NO/c1-2-19-18(11-10-15-9-6-12-20-15)17-13-16(17)14-7-4-3-5-8-14/h3-9,12,16-19H,2,10-11,13H2,1H3. The molecule has 1 N–H and O–H groups in total. The lowest BCUT2D eigenvalue weighted by molar-refractivity contribution is 0.414. The normalized spacial score (nSPS) is 22.6. The monoisotopic (exact) mass is 269 g/mol. The van der Waals surface area contributed by atoms with Crippen molar-refractivity contribution in [2.45, 2.75) is 38.1 Å². The maximum atomic E-state index is 5.45. The van der Waals surface area contributed by atoms with Crippen molar-refractivity contribution in [3.05, 3.63) is 60.1 Å². The molecule has 1 saturated carbocycles. The molecule has 0 amide bonds. The topological polar surface area (TPSA) is 25.2 Å². The number of furan rings is 1. The van der Waals surface area contributed by atoms with E-state index in [9.17, 15) is 0 Å². The Hall–Kier alpha value is -1.54. The summed E-state index contributed by atoms with van der Waals surface area (Å²) in [6.07, 6.45) is 5.28. The molecule has 0 bridgehead atoms. The summed E-state index contributed by atoms with van der Waals surface area (Å²) in [7, 11) is 0. The second-order valence-corrected chi connectivity index (χ2v) is 5.70. The number of rotatable bonds is 7. The first-order valence-electron chi connectivity index (χ1n) is 7.69. The summed E-state index contributed by atoms with van der Waals surface area (Å²) in [5.41, 5.74) is 1.50. The maximum absolute atomic E-state index is 5.45. The highest BCUT2D eigenvalue weighted by molar-refractivity contribution is 5.26. The minimum Gasteiger partial charge on any atom is -0.469 e. The van der Waals surface area contributed by atoms with E-state index >= 15 is 0 Å². The van der Waals surface area contributed by atoms with Gasteiger partial charge in [-0.25, -0.2) is 0 Å². The molecule has 1 aliphatic carbocycles. The fraction of sp³-hybridized carbons (Fsp3) is 0.444. The molecule has 20 heavy (non-hydrogen) atoms. The molecule has 0 saturated heterocycles. The van der Waals surface area contributed by atoms with E-state index in [0.717, 1.165) is 37.0 Å². The van der Waals surface area contributed by atoms with Gasteiger partial charge in [-0.2, -0.15) is 0 Å². The van der Waals surface area contributed by atoms with E-state index in [0.29, 0.717) is 6.04 Å². The van der Waals surface area contributed by atoms with E-state index in [4.69, 9.17) is 4.42 Å². The molecule has 106 valence electrons. The predicted molar refractivity (Wildman–Crippen MR) is 81.8 cm³/mol. The number of nitrogens with one attached hydrogen (secondary N) is 1. The molecule has 1 aromatic carbocycles. The lowest BCUT2D eigenvalue weighted by Gasteiger charge is -2.17. The molecule has 1 heterocycles. The summed E-state index contributed by atoms with van der Waals surface area (Å²) >= 11 is 0. The zero-order valence-corrected chi connectivity index (χ0v) is 12.1. The van der Waals surface area contributed by atoms with E-state index in [1.54, 1.807) is 6.26 Å². The van der Waals surface area contributed by atoms with Crippen molar-refractivity contribution >= 4 is 0 Å². The van der Waals surface area contributed by atoms with Gasteiger partial charge in [-0.15, -0.1) is 0 Å². The Morgan fingerprint density at radius 2 is 2.05 bits per heavy atom. The molecule has 0 spiro atoms. The third-order valence-electron chi connectivity index (χ3n) is 4.33. The molecule has 0 aliphatic heterocycles. The highest BCUT2D eigenvalue weighted by atomic mass is 16.3. The van der Waals surface area contributed by atoms with Crippen LogP contribution in [0.5, 0.6) is 0 Å². The molecule has 3 rings (SSSR count). The minimum atomic E-state index is 0.607. The van der Waals surface area contributed by atoms with Gasteiger partial charge < -0.3 is 9.73 Å². The van der Waals surface area contributed by atoms with Crippen molar-refractivity contribution in [1.82, 2.24) is 5.32 Å². The first-order valence-corrected chi connectivity index (χ1v) is 7.69. The van der Waals surface area contributed by atoms with Crippen LogP contribution in [-0.4, -0.2) is 12.6 Å². The van der Waals surface area contributed by atoms with Gasteiger partial charge in [-0.1, -0.05) is 37.3 Å². The Labute approximate surface area is 121 Å². The lowest BCUT2D eigenvalue weighted by atomic mass is 10.0. The third kappa shape index (κ3) is 3.13. The van der Waals surface area contributed by atoms with Crippen molar-refractivity contribution in [2.75, 3.05) is 6.54 Å². The molecule has 1 fully saturated rings. The molecule has 0 radical (unpaired) electrons. The highest BCUT2D eigenvalue weighted by Gasteiger charge is 2.43. The van der Waals surface area contributed by atoms with Gasteiger partial charge in [0.1, 0.15) is 5.76 Å². The van der Waals surface area contributed by atoms with E-state index < -0.39 is 0 Å². The van der Waals surface area contributed by atoms with Gasteiger partial charge in [0, 0.05) is 12.5 Å². The van der Waals surface area contributed by atoms with Gasteiger partial charge in [-0.05, 0) is 48.9 Å². The van der Waals surface area contributed by atoms with Crippen LogP contribution in [0, 0.1) is 5.92 Å². The Balaban J connectivity index is 1.58. The number of benzene rings is 1. The van der Waals surface area contributed by atoms with Crippen LogP contribution in [0.15, 0.2) is 53.1 Å². The molecule has 2 heteroatoms. The zero-order chi connectivity index (χ0) is 13.8. The van der Waals surface area contributed by atoms with Crippen LogP contribution in [0.2, 0.25) is 0 Å². The van der Waals surface area contributed by atoms with Crippen LogP contribution in [-0.2, 0) is 6.42 Å². The van der Waals surface area contributed by atoms with Gasteiger partial charge in [0.05, 0.1) is 6.26 Å². The van der Waals surface area contributed by atoms with Gasteiger partial charge in [0.2, 0.25) is 0 Å². The Bertz CT molecular complexity index is 505. The number of aryl methyl sites for hydroxylation is 1. The van der Waals surface area contributed by atoms with Crippen LogP contribution < -0.4 is 5.32 Å². The summed E-state index contributed by atoms with van der Waals surface area (Å²) in [6.45, 7) is 3.24. The van der Waals surface area contributed by atoms with Crippen molar-refractivity contribution in [3.63, 3.8) is 0 Å². The fourth-order valence-corrected chi connectivity index (χ4v) is 3.23. The van der Waals surface area contributed by atoms with Gasteiger partial charge in [-0.3, -0.25) is 0 Å². The first-order chi connectivity index (χ1) is 9.88. The minimum absolute atomic E-state index is 0.607. The Morgan fingerprint density at radius 3 is 2.75 bits per heavy atom. The quantitative estimate of drug-likeness (QED) is 0.822.